The quantitative estimate of drug-likeness (QED) is 0.564. The molecule has 1 amide bonds. The van der Waals surface area contributed by atoms with Gasteiger partial charge in [-0.2, -0.15) is 16.9 Å². The fraction of sp³-hybridized carbons (Fsp3) is 0.182. The number of anilines is 1. The fourth-order valence-corrected chi connectivity index (χ4v) is 3.42. The van der Waals surface area contributed by atoms with Crippen LogP contribution in [0.25, 0.3) is 17.3 Å². The summed E-state index contributed by atoms with van der Waals surface area (Å²) in [6.45, 7) is 2.13. The molecule has 1 N–H and O–H groups in total. The van der Waals surface area contributed by atoms with Gasteiger partial charge in [-0.3, -0.25) is 9.48 Å². The molecule has 144 valence electrons. The number of carbonyl (C=O) groups excluding carboxylic acids is 1. The number of nitrogens with zero attached hydrogens (tertiary/aromatic N) is 2. The molecule has 0 radical (unpaired) electrons. The zero-order valence-corrected chi connectivity index (χ0v) is 16.7. The first-order valence-electron chi connectivity index (χ1n) is 9.00. The van der Waals surface area contributed by atoms with Crippen LogP contribution >= 0.6 is 11.8 Å². The maximum absolute atomic E-state index is 13.2. The van der Waals surface area contributed by atoms with Crippen LogP contribution in [0.5, 0.6) is 0 Å². The van der Waals surface area contributed by atoms with Crippen LogP contribution in [-0.4, -0.2) is 21.4 Å². The molecule has 0 atom stereocenters. The highest BCUT2D eigenvalue weighted by atomic mass is 32.2. The number of benzene rings is 2. The van der Waals surface area contributed by atoms with Crippen LogP contribution in [0.4, 0.5) is 10.1 Å². The number of halogens is 1. The third kappa shape index (κ3) is 5.10. The van der Waals surface area contributed by atoms with Crippen LogP contribution in [-0.2, 0) is 17.6 Å². The van der Waals surface area contributed by atoms with Crippen LogP contribution in [0.3, 0.4) is 0 Å². The summed E-state index contributed by atoms with van der Waals surface area (Å²) in [5.41, 5.74) is 4.43. The minimum Gasteiger partial charge on any atom is -0.323 e. The highest BCUT2D eigenvalue weighted by molar-refractivity contribution is 7.98. The predicted molar refractivity (Wildman–Crippen MR) is 115 cm³/mol. The molecule has 0 aliphatic rings. The molecule has 3 aromatic rings. The lowest BCUT2D eigenvalue weighted by Crippen LogP contribution is -2.07. The highest BCUT2D eigenvalue weighted by Crippen LogP contribution is 2.24. The van der Waals surface area contributed by atoms with Gasteiger partial charge in [0.1, 0.15) is 5.82 Å². The van der Waals surface area contributed by atoms with Crippen molar-refractivity contribution in [3.63, 3.8) is 0 Å². The zero-order chi connectivity index (χ0) is 19.9. The van der Waals surface area contributed by atoms with Crippen molar-refractivity contribution in [2.45, 2.75) is 12.7 Å². The number of rotatable bonds is 7. The Labute approximate surface area is 168 Å². The van der Waals surface area contributed by atoms with Crippen LogP contribution < -0.4 is 5.32 Å². The minimum atomic E-state index is -0.290. The van der Waals surface area contributed by atoms with E-state index in [1.807, 2.05) is 43.1 Å². The average Bonchev–Trinajstić information content (AvgIpc) is 3.07. The summed E-state index contributed by atoms with van der Waals surface area (Å²) in [5.74, 6) is 1.54. The first kappa shape index (κ1) is 19.9. The van der Waals surface area contributed by atoms with E-state index in [9.17, 15) is 9.18 Å². The smallest absolute Gasteiger partial charge is 0.248 e. The second kappa shape index (κ2) is 9.37. The maximum atomic E-state index is 13.2. The summed E-state index contributed by atoms with van der Waals surface area (Å²) < 4.78 is 14.9. The van der Waals surface area contributed by atoms with Crippen molar-refractivity contribution in [2.24, 2.45) is 7.05 Å². The van der Waals surface area contributed by atoms with Crippen molar-refractivity contribution in [1.29, 1.82) is 0 Å². The van der Waals surface area contributed by atoms with Crippen LogP contribution in [0.2, 0.25) is 0 Å². The molecule has 0 unspecified atom stereocenters. The molecule has 6 heteroatoms. The van der Waals surface area contributed by atoms with Crippen molar-refractivity contribution >= 4 is 29.4 Å². The maximum Gasteiger partial charge on any atom is 0.248 e. The molecule has 28 heavy (non-hydrogen) atoms. The van der Waals surface area contributed by atoms with Gasteiger partial charge in [0.25, 0.3) is 0 Å². The van der Waals surface area contributed by atoms with Crippen molar-refractivity contribution in [3.8, 4) is 11.3 Å². The third-order valence-electron chi connectivity index (χ3n) is 4.19. The number of hydrogen-bond acceptors (Lipinski definition) is 3. The SMILES string of the molecule is CCSCc1ccc(NC(=O)C=Cc2cnn(C)c2-c2ccc(F)cc2)cc1. The molecule has 0 bridgehead atoms. The summed E-state index contributed by atoms with van der Waals surface area (Å²) >= 11 is 1.86. The Balaban J connectivity index is 1.68. The Kier molecular flexibility index (Phi) is 6.66. The summed E-state index contributed by atoms with van der Waals surface area (Å²) in [5, 5.41) is 7.11. The van der Waals surface area contributed by atoms with Gasteiger partial charge in [-0.25, -0.2) is 4.39 Å². The molecule has 0 spiro atoms. The molecular formula is C22H22FN3OS. The van der Waals surface area contributed by atoms with Crippen LogP contribution in [0, 0.1) is 5.82 Å². The second-order valence-corrected chi connectivity index (χ2v) is 7.51. The van der Waals surface area contributed by atoms with E-state index in [1.54, 1.807) is 29.1 Å². The van der Waals surface area contributed by atoms with Crippen molar-refractivity contribution in [3.05, 3.63) is 77.7 Å². The lowest BCUT2D eigenvalue weighted by Gasteiger charge is -2.05. The number of carbonyl (C=O) groups is 1. The monoisotopic (exact) mass is 395 g/mol. The van der Waals surface area contributed by atoms with E-state index in [1.165, 1.54) is 23.8 Å². The van der Waals surface area contributed by atoms with Crippen molar-refractivity contribution < 1.29 is 9.18 Å². The molecule has 0 aliphatic carbocycles. The summed E-state index contributed by atoms with van der Waals surface area (Å²) in [7, 11) is 1.81. The molecule has 2 aromatic carbocycles. The number of aryl methyl sites for hydroxylation is 1. The molecule has 1 aromatic heterocycles. The number of hydrogen-bond donors (Lipinski definition) is 1. The van der Waals surface area contributed by atoms with E-state index in [2.05, 4.69) is 17.3 Å². The molecule has 4 nitrogen and oxygen atoms in total. The number of nitrogens with one attached hydrogen (secondary N) is 1. The first-order valence-corrected chi connectivity index (χ1v) is 10.2. The van der Waals surface area contributed by atoms with Gasteiger partial charge in [-0.05, 0) is 53.8 Å². The summed E-state index contributed by atoms with van der Waals surface area (Å²) in [6, 6.07) is 14.1. The summed E-state index contributed by atoms with van der Waals surface area (Å²) in [6.07, 6.45) is 4.88. The normalized spacial score (nSPS) is 11.1. The van der Waals surface area contributed by atoms with Gasteiger partial charge in [0.2, 0.25) is 5.91 Å². The van der Waals surface area contributed by atoms with Gasteiger partial charge in [0.05, 0.1) is 11.9 Å². The molecule has 0 fully saturated rings. The van der Waals surface area contributed by atoms with Gasteiger partial charge in [0.15, 0.2) is 0 Å². The molecule has 1 heterocycles. The largest absolute Gasteiger partial charge is 0.323 e. The lowest BCUT2D eigenvalue weighted by atomic mass is 10.1. The van der Waals surface area contributed by atoms with Crippen LogP contribution in [0.15, 0.2) is 60.8 Å². The highest BCUT2D eigenvalue weighted by Gasteiger charge is 2.09. The molecular weight excluding hydrogens is 373 g/mol. The Bertz CT molecular complexity index is 962. The Hall–Kier alpha value is -2.86. The van der Waals surface area contributed by atoms with Gasteiger partial charge >= 0.3 is 0 Å². The lowest BCUT2D eigenvalue weighted by molar-refractivity contribution is -0.111. The van der Waals surface area contributed by atoms with E-state index in [-0.39, 0.29) is 11.7 Å². The van der Waals surface area contributed by atoms with Gasteiger partial charge in [-0.15, -0.1) is 0 Å². The van der Waals surface area contributed by atoms with Gasteiger partial charge < -0.3 is 5.32 Å². The number of aromatic nitrogens is 2. The van der Waals surface area contributed by atoms with Crippen LogP contribution in [0.1, 0.15) is 18.1 Å². The van der Waals surface area contributed by atoms with Gasteiger partial charge in [0, 0.05) is 35.7 Å². The Morgan fingerprint density at radius 3 is 2.57 bits per heavy atom. The molecule has 0 saturated heterocycles. The standard InChI is InChI=1S/C22H22FN3OS/c1-3-28-15-16-4-11-20(12-5-16)25-21(27)13-8-18-14-24-26(2)22(18)17-6-9-19(23)10-7-17/h4-14H,3,15H2,1-2H3,(H,25,27). The molecule has 0 saturated carbocycles. The van der Waals surface area contributed by atoms with E-state index in [0.29, 0.717) is 0 Å². The zero-order valence-electron chi connectivity index (χ0n) is 15.9. The molecule has 0 aliphatic heterocycles. The van der Waals surface area contributed by atoms with Crippen molar-refractivity contribution in [2.75, 3.05) is 11.1 Å². The van der Waals surface area contributed by atoms with E-state index >= 15 is 0 Å². The summed E-state index contributed by atoms with van der Waals surface area (Å²) in [4.78, 5) is 12.3. The number of thioether (sulfide) groups is 1. The third-order valence-corrected chi connectivity index (χ3v) is 5.14. The predicted octanol–water partition coefficient (Wildman–Crippen LogP) is 5.13. The fourth-order valence-electron chi connectivity index (χ4n) is 2.79. The van der Waals surface area contributed by atoms with E-state index in [0.717, 1.165) is 34.0 Å². The Morgan fingerprint density at radius 2 is 1.89 bits per heavy atom. The van der Waals surface area contributed by atoms with E-state index < -0.39 is 0 Å². The molecule has 3 rings (SSSR count). The topological polar surface area (TPSA) is 46.9 Å². The number of amides is 1. The average molecular weight is 396 g/mol. The van der Waals surface area contributed by atoms with E-state index in [4.69, 9.17) is 0 Å². The van der Waals surface area contributed by atoms with Crippen molar-refractivity contribution in [1.82, 2.24) is 9.78 Å². The first-order chi connectivity index (χ1) is 13.6. The van der Waals surface area contributed by atoms with Gasteiger partial charge in [-0.1, -0.05) is 19.1 Å². The second-order valence-electron chi connectivity index (χ2n) is 6.24. The minimum absolute atomic E-state index is 0.218. The Morgan fingerprint density at radius 1 is 1.18 bits per heavy atom.